The standard InChI is InChI=1S/C29H44O3/c1-17(20(4)32-7)8-9-18(2)22-12-13-24-21-10-11-23-19(3)25(30)14-15-28(23,5)27(21)26(31)16-29(22,24)6/h18-20,22-24H,1,8-16H2,2-7H3/t18-,19+,20?,22-,23+,24-,28+,29-/m1/s1. The second-order valence-electron chi connectivity index (χ2n) is 12.1. The molecule has 4 rings (SSSR count). The Kier molecular flexibility index (Phi) is 6.38. The quantitative estimate of drug-likeness (QED) is 0.431. The van der Waals surface area contributed by atoms with E-state index in [9.17, 15) is 9.59 Å². The maximum absolute atomic E-state index is 13.8. The molecular weight excluding hydrogens is 396 g/mol. The molecule has 0 amide bonds. The van der Waals surface area contributed by atoms with E-state index in [1.54, 1.807) is 7.11 Å². The Bertz CT molecular complexity index is 837. The molecule has 0 radical (unpaired) electrons. The molecule has 8 atom stereocenters. The molecule has 0 heterocycles. The van der Waals surface area contributed by atoms with Crippen molar-refractivity contribution in [1.29, 1.82) is 0 Å². The molecule has 0 N–H and O–H groups in total. The molecule has 0 aromatic carbocycles. The van der Waals surface area contributed by atoms with Gasteiger partial charge in [0.25, 0.3) is 0 Å². The summed E-state index contributed by atoms with van der Waals surface area (Å²) < 4.78 is 5.44. The number of carbonyl (C=O) groups is 2. The van der Waals surface area contributed by atoms with Gasteiger partial charge in [-0.3, -0.25) is 9.59 Å². The van der Waals surface area contributed by atoms with Crippen LogP contribution in [0, 0.1) is 40.4 Å². The molecule has 0 aliphatic heterocycles. The van der Waals surface area contributed by atoms with Crippen LogP contribution in [0.1, 0.15) is 92.4 Å². The van der Waals surface area contributed by atoms with Crippen LogP contribution in [0.4, 0.5) is 0 Å². The fourth-order valence-corrected chi connectivity index (χ4v) is 8.54. The number of carbonyl (C=O) groups excluding carboxylic acids is 2. The summed E-state index contributed by atoms with van der Waals surface area (Å²) in [6, 6.07) is 0. The van der Waals surface area contributed by atoms with Crippen molar-refractivity contribution >= 4 is 11.6 Å². The fourth-order valence-electron chi connectivity index (χ4n) is 8.54. The van der Waals surface area contributed by atoms with Gasteiger partial charge in [-0.05, 0) is 91.9 Å². The lowest BCUT2D eigenvalue weighted by molar-refractivity contribution is -0.133. The van der Waals surface area contributed by atoms with E-state index in [1.807, 2.05) is 0 Å². The Morgan fingerprint density at radius 2 is 1.88 bits per heavy atom. The Morgan fingerprint density at radius 1 is 1.16 bits per heavy atom. The van der Waals surface area contributed by atoms with Gasteiger partial charge in [0.05, 0.1) is 6.10 Å². The van der Waals surface area contributed by atoms with Crippen molar-refractivity contribution in [3.8, 4) is 0 Å². The van der Waals surface area contributed by atoms with Crippen LogP contribution in [0.25, 0.3) is 0 Å². The van der Waals surface area contributed by atoms with Gasteiger partial charge in [0.2, 0.25) is 0 Å². The number of allylic oxidation sites excluding steroid dienone is 2. The number of methoxy groups -OCH3 is 1. The molecule has 1 unspecified atom stereocenters. The van der Waals surface area contributed by atoms with E-state index < -0.39 is 0 Å². The fraction of sp³-hybridized carbons (Fsp3) is 0.793. The highest BCUT2D eigenvalue weighted by Crippen LogP contribution is 2.65. The first-order chi connectivity index (χ1) is 15.0. The van der Waals surface area contributed by atoms with Crippen LogP contribution in [0.5, 0.6) is 0 Å². The van der Waals surface area contributed by atoms with Crippen molar-refractivity contribution in [3.05, 3.63) is 23.3 Å². The van der Waals surface area contributed by atoms with Gasteiger partial charge in [0.15, 0.2) is 5.78 Å². The van der Waals surface area contributed by atoms with Gasteiger partial charge in [-0.25, -0.2) is 0 Å². The summed E-state index contributed by atoms with van der Waals surface area (Å²) in [5.41, 5.74) is 3.85. The summed E-state index contributed by atoms with van der Waals surface area (Å²) in [6.45, 7) is 15.5. The smallest absolute Gasteiger partial charge is 0.159 e. The maximum atomic E-state index is 13.8. The molecule has 0 bridgehead atoms. The first-order valence-corrected chi connectivity index (χ1v) is 13.0. The van der Waals surface area contributed by atoms with Crippen molar-refractivity contribution < 1.29 is 14.3 Å². The van der Waals surface area contributed by atoms with Crippen molar-refractivity contribution in [2.75, 3.05) is 7.11 Å². The molecule has 2 fully saturated rings. The normalized spacial score (nSPS) is 41.1. The van der Waals surface area contributed by atoms with Crippen LogP contribution in [0.15, 0.2) is 23.3 Å². The Balaban J connectivity index is 1.58. The average molecular weight is 441 g/mol. The molecule has 3 nitrogen and oxygen atoms in total. The summed E-state index contributed by atoms with van der Waals surface area (Å²) in [5.74, 6) is 2.99. The van der Waals surface area contributed by atoms with Gasteiger partial charge >= 0.3 is 0 Å². The summed E-state index contributed by atoms with van der Waals surface area (Å²) >= 11 is 0. The van der Waals surface area contributed by atoms with Gasteiger partial charge in [-0.2, -0.15) is 0 Å². The van der Waals surface area contributed by atoms with E-state index in [0.29, 0.717) is 48.1 Å². The zero-order valence-electron chi connectivity index (χ0n) is 21.3. The molecular formula is C29H44O3. The van der Waals surface area contributed by atoms with E-state index >= 15 is 0 Å². The SMILES string of the molecule is C=C(CC[C@@H](C)[C@H]1CC[C@@H]2C3=C(C(=O)C[C@@]21C)[C@@]1(C)CCC(=O)[C@@H](C)[C@@H]1CC3)C(C)OC. The molecule has 0 saturated heterocycles. The predicted molar refractivity (Wildman–Crippen MR) is 129 cm³/mol. The summed E-state index contributed by atoms with van der Waals surface area (Å²) in [6.07, 6.45) is 9.01. The minimum atomic E-state index is -0.0863. The van der Waals surface area contributed by atoms with Crippen molar-refractivity contribution in [1.82, 2.24) is 0 Å². The third-order valence-electron chi connectivity index (χ3n) is 10.6. The summed E-state index contributed by atoms with van der Waals surface area (Å²) in [7, 11) is 1.75. The highest BCUT2D eigenvalue weighted by atomic mass is 16.5. The van der Waals surface area contributed by atoms with Gasteiger partial charge in [-0.1, -0.05) is 39.8 Å². The number of rotatable bonds is 6. The first kappa shape index (κ1) is 23.9. The van der Waals surface area contributed by atoms with E-state index in [0.717, 1.165) is 32.1 Å². The van der Waals surface area contributed by atoms with Gasteiger partial charge in [0, 0.05) is 31.4 Å². The first-order valence-electron chi connectivity index (χ1n) is 13.0. The van der Waals surface area contributed by atoms with Crippen LogP contribution in [0.3, 0.4) is 0 Å². The average Bonchev–Trinajstić information content (AvgIpc) is 3.10. The second kappa shape index (κ2) is 8.53. The zero-order chi connectivity index (χ0) is 23.4. The predicted octanol–water partition coefficient (Wildman–Crippen LogP) is 6.71. The van der Waals surface area contributed by atoms with Crippen LogP contribution in [-0.4, -0.2) is 24.8 Å². The van der Waals surface area contributed by atoms with Crippen LogP contribution >= 0.6 is 0 Å². The number of fused-ring (bicyclic) bond motifs is 4. The number of Topliss-reactive ketones (excluding diaryl/α,β-unsaturated/α-hetero) is 2. The summed E-state index contributed by atoms with van der Waals surface area (Å²) in [4.78, 5) is 26.3. The molecule has 3 heteroatoms. The highest BCUT2D eigenvalue weighted by molar-refractivity contribution is 6.00. The third kappa shape index (κ3) is 3.58. The van der Waals surface area contributed by atoms with Gasteiger partial charge < -0.3 is 4.74 Å². The molecule has 0 aromatic rings. The minimum absolute atomic E-state index is 0.0861. The molecule has 0 aromatic heterocycles. The van der Waals surface area contributed by atoms with Crippen LogP contribution in [0.2, 0.25) is 0 Å². The Hall–Kier alpha value is -1.22. The van der Waals surface area contributed by atoms with Crippen LogP contribution < -0.4 is 0 Å². The lowest BCUT2D eigenvalue weighted by Crippen LogP contribution is -2.50. The van der Waals surface area contributed by atoms with E-state index in [4.69, 9.17) is 4.74 Å². The molecule has 178 valence electrons. The monoisotopic (exact) mass is 440 g/mol. The lowest BCUT2D eigenvalue weighted by atomic mass is 9.48. The van der Waals surface area contributed by atoms with Crippen molar-refractivity contribution in [2.24, 2.45) is 40.4 Å². The third-order valence-corrected chi connectivity index (χ3v) is 10.6. The van der Waals surface area contributed by atoms with E-state index in [2.05, 4.69) is 41.2 Å². The summed E-state index contributed by atoms with van der Waals surface area (Å²) in [5, 5.41) is 0. The molecule has 2 saturated carbocycles. The lowest BCUT2D eigenvalue weighted by Gasteiger charge is -2.54. The van der Waals surface area contributed by atoms with Gasteiger partial charge in [0.1, 0.15) is 5.78 Å². The number of ketones is 2. The minimum Gasteiger partial charge on any atom is -0.377 e. The number of hydrogen-bond donors (Lipinski definition) is 0. The highest BCUT2D eigenvalue weighted by Gasteiger charge is 2.59. The van der Waals surface area contributed by atoms with Crippen molar-refractivity contribution in [2.45, 2.75) is 98.5 Å². The second-order valence-corrected chi connectivity index (χ2v) is 12.1. The topological polar surface area (TPSA) is 43.4 Å². The molecule has 32 heavy (non-hydrogen) atoms. The zero-order valence-corrected chi connectivity index (χ0v) is 21.3. The van der Waals surface area contributed by atoms with Gasteiger partial charge in [-0.15, -0.1) is 0 Å². The van der Waals surface area contributed by atoms with Crippen LogP contribution in [-0.2, 0) is 14.3 Å². The molecule has 4 aliphatic rings. The number of hydrogen-bond acceptors (Lipinski definition) is 3. The largest absolute Gasteiger partial charge is 0.377 e. The Morgan fingerprint density at radius 3 is 2.56 bits per heavy atom. The molecule has 4 aliphatic carbocycles. The van der Waals surface area contributed by atoms with Crippen molar-refractivity contribution in [3.63, 3.8) is 0 Å². The van der Waals surface area contributed by atoms with E-state index in [-0.39, 0.29) is 22.9 Å². The number of ether oxygens (including phenoxy) is 1. The molecule has 0 spiro atoms. The maximum Gasteiger partial charge on any atom is 0.159 e. The Labute approximate surface area is 195 Å². The van der Waals surface area contributed by atoms with E-state index in [1.165, 1.54) is 29.6 Å².